The Morgan fingerprint density at radius 2 is 1.46 bits per heavy atom. The van der Waals surface area contributed by atoms with Gasteiger partial charge in [0, 0.05) is 23.6 Å². The smallest absolute Gasteiger partial charge is 0.262 e. The maximum atomic E-state index is 13.0. The van der Waals surface area contributed by atoms with E-state index in [1.165, 1.54) is 0 Å². The molecule has 0 fully saturated rings. The minimum atomic E-state index is -3.76. The standard InChI is InChI=1S/C25H26N6O3S/c1-16-14-22(17(2)13-21(16)34-4)35(32,33)31-20-10-8-19(9-11-20)29-24-15-25(28-18(3)27-24)30-23-7-5-6-12-26-23/h5-15,31H,1-4H3,(H2,26,27,28,29,30). The topological polar surface area (TPSA) is 118 Å². The number of rotatable bonds is 8. The molecule has 35 heavy (non-hydrogen) atoms. The normalized spacial score (nSPS) is 11.1. The van der Waals surface area contributed by atoms with Crippen LogP contribution in [0.15, 0.2) is 71.8 Å². The second kappa shape index (κ2) is 9.98. The Morgan fingerprint density at radius 1 is 0.771 bits per heavy atom. The van der Waals surface area contributed by atoms with Gasteiger partial charge in [0.25, 0.3) is 10.0 Å². The Balaban J connectivity index is 1.48. The van der Waals surface area contributed by atoms with Crippen LogP contribution in [0.4, 0.5) is 28.8 Å². The number of nitrogens with one attached hydrogen (secondary N) is 3. The highest BCUT2D eigenvalue weighted by atomic mass is 32.2. The lowest BCUT2D eigenvalue weighted by molar-refractivity contribution is 0.411. The van der Waals surface area contributed by atoms with Gasteiger partial charge in [-0.1, -0.05) is 6.07 Å². The van der Waals surface area contributed by atoms with Crippen molar-refractivity contribution in [1.82, 2.24) is 15.0 Å². The van der Waals surface area contributed by atoms with Gasteiger partial charge < -0.3 is 15.4 Å². The number of methoxy groups -OCH3 is 1. The van der Waals surface area contributed by atoms with Gasteiger partial charge in [0.05, 0.1) is 12.0 Å². The first-order valence-electron chi connectivity index (χ1n) is 10.8. The molecule has 0 saturated heterocycles. The largest absolute Gasteiger partial charge is 0.496 e. The molecule has 0 bridgehead atoms. The summed E-state index contributed by atoms with van der Waals surface area (Å²) in [6.07, 6.45) is 1.70. The first kappa shape index (κ1) is 24.0. The molecule has 0 aliphatic carbocycles. The van der Waals surface area contributed by atoms with Crippen LogP contribution in [0.5, 0.6) is 5.75 Å². The van der Waals surface area contributed by atoms with Gasteiger partial charge in [-0.2, -0.15) is 0 Å². The number of aryl methyl sites for hydroxylation is 3. The maximum absolute atomic E-state index is 13.0. The van der Waals surface area contributed by atoms with Crippen LogP contribution in [0.1, 0.15) is 17.0 Å². The quantitative estimate of drug-likeness (QED) is 0.312. The zero-order valence-corrected chi connectivity index (χ0v) is 20.6. The molecule has 3 N–H and O–H groups in total. The lowest BCUT2D eigenvalue weighted by Crippen LogP contribution is -2.14. The van der Waals surface area contributed by atoms with Gasteiger partial charge in [-0.15, -0.1) is 0 Å². The highest BCUT2D eigenvalue weighted by Crippen LogP contribution is 2.28. The number of hydrogen-bond acceptors (Lipinski definition) is 8. The molecule has 0 aliphatic heterocycles. The first-order chi connectivity index (χ1) is 16.7. The SMILES string of the molecule is COc1cc(C)c(S(=O)(=O)Nc2ccc(Nc3cc(Nc4ccccn4)nc(C)n3)cc2)cc1C. The van der Waals surface area contributed by atoms with Crippen LogP contribution in [-0.4, -0.2) is 30.5 Å². The van der Waals surface area contributed by atoms with Crippen LogP contribution in [0.2, 0.25) is 0 Å². The molecule has 2 aromatic carbocycles. The summed E-state index contributed by atoms with van der Waals surface area (Å²) in [5.74, 6) is 3.11. The molecular formula is C25H26N6O3S. The molecule has 4 aromatic rings. The molecule has 2 aromatic heterocycles. The Bertz CT molecular complexity index is 1440. The average molecular weight is 491 g/mol. The second-order valence-electron chi connectivity index (χ2n) is 7.92. The molecule has 180 valence electrons. The monoisotopic (exact) mass is 490 g/mol. The third-order valence-corrected chi connectivity index (χ3v) is 6.67. The van der Waals surface area contributed by atoms with Crippen molar-refractivity contribution < 1.29 is 13.2 Å². The average Bonchev–Trinajstić information content (AvgIpc) is 2.81. The summed E-state index contributed by atoms with van der Waals surface area (Å²) in [6, 6.07) is 17.6. The number of anilines is 5. The molecule has 0 spiro atoms. The summed E-state index contributed by atoms with van der Waals surface area (Å²) < 4.78 is 33.9. The summed E-state index contributed by atoms with van der Waals surface area (Å²) in [5.41, 5.74) is 2.54. The minimum absolute atomic E-state index is 0.211. The highest BCUT2D eigenvalue weighted by Gasteiger charge is 2.19. The Labute approximate surface area is 204 Å². The molecule has 0 saturated carbocycles. The third kappa shape index (κ3) is 5.85. The summed E-state index contributed by atoms with van der Waals surface area (Å²) in [6.45, 7) is 5.35. The van der Waals surface area contributed by atoms with Gasteiger partial charge in [0.15, 0.2) is 0 Å². The number of nitrogens with zero attached hydrogens (tertiary/aromatic N) is 3. The van der Waals surface area contributed by atoms with E-state index >= 15 is 0 Å². The predicted molar refractivity (Wildman–Crippen MR) is 137 cm³/mol. The zero-order valence-electron chi connectivity index (χ0n) is 19.8. The highest BCUT2D eigenvalue weighted by molar-refractivity contribution is 7.92. The van der Waals surface area contributed by atoms with E-state index in [0.29, 0.717) is 40.3 Å². The molecule has 10 heteroatoms. The van der Waals surface area contributed by atoms with Gasteiger partial charge >= 0.3 is 0 Å². The summed E-state index contributed by atoms with van der Waals surface area (Å²) in [5, 5.41) is 6.37. The van der Waals surface area contributed by atoms with Gasteiger partial charge in [0.2, 0.25) is 0 Å². The van der Waals surface area contributed by atoms with Gasteiger partial charge in [0.1, 0.15) is 29.0 Å². The number of aromatic nitrogens is 3. The fraction of sp³-hybridized carbons (Fsp3) is 0.160. The van der Waals surface area contributed by atoms with Crippen molar-refractivity contribution >= 4 is 38.9 Å². The van der Waals surface area contributed by atoms with Crippen LogP contribution >= 0.6 is 0 Å². The number of hydrogen-bond donors (Lipinski definition) is 3. The molecule has 0 unspecified atom stereocenters. The van der Waals surface area contributed by atoms with Crippen LogP contribution in [0.25, 0.3) is 0 Å². The van der Waals surface area contributed by atoms with Crippen LogP contribution < -0.4 is 20.1 Å². The Kier molecular flexibility index (Phi) is 6.83. The third-order valence-electron chi connectivity index (χ3n) is 5.15. The van der Waals surface area contributed by atoms with Crippen LogP contribution in [0.3, 0.4) is 0 Å². The van der Waals surface area contributed by atoms with E-state index in [4.69, 9.17) is 4.74 Å². The van der Waals surface area contributed by atoms with Gasteiger partial charge in [-0.05, 0) is 80.4 Å². The molecule has 9 nitrogen and oxygen atoms in total. The van der Waals surface area contributed by atoms with Gasteiger partial charge in [-0.25, -0.2) is 23.4 Å². The number of benzene rings is 2. The fourth-order valence-electron chi connectivity index (χ4n) is 3.52. The van der Waals surface area contributed by atoms with E-state index in [-0.39, 0.29) is 4.90 Å². The van der Waals surface area contributed by atoms with E-state index in [2.05, 4.69) is 30.3 Å². The molecular weight excluding hydrogens is 464 g/mol. The number of sulfonamides is 1. The summed E-state index contributed by atoms with van der Waals surface area (Å²) in [4.78, 5) is 13.3. The predicted octanol–water partition coefficient (Wildman–Crippen LogP) is 5.09. The lowest BCUT2D eigenvalue weighted by Gasteiger charge is -2.14. The van der Waals surface area contributed by atoms with Crippen molar-refractivity contribution in [2.24, 2.45) is 0 Å². The van der Waals surface area contributed by atoms with Crippen molar-refractivity contribution in [3.05, 3.63) is 83.8 Å². The molecule has 0 atom stereocenters. The van der Waals surface area contributed by atoms with E-state index < -0.39 is 10.0 Å². The maximum Gasteiger partial charge on any atom is 0.262 e. The Hall–Kier alpha value is -4.18. The van der Waals surface area contributed by atoms with Gasteiger partial charge in [-0.3, -0.25) is 4.72 Å². The fourth-order valence-corrected chi connectivity index (χ4v) is 4.89. The Morgan fingerprint density at radius 3 is 2.11 bits per heavy atom. The second-order valence-corrected chi connectivity index (χ2v) is 9.57. The zero-order chi connectivity index (χ0) is 25.0. The van der Waals surface area contributed by atoms with Crippen molar-refractivity contribution in [3.63, 3.8) is 0 Å². The lowest BCUT2D eigenvalue weighted by atomic mass is 10.1. The molecule has 4 rings (SSSR count). The van der Waals surface area contributed by atoms with Crippen molar-refractivity contribution in [2.45, 2.75) is 25.7 Å². The van der Waals surface area contributed by atoms with Crippen molar-refractivity contribution in [1.29, 1.82) is 0 Å². The minimum Gasteiger partial charge on any atom is -0.496 e. The first-order valence-corrected chi connectivity index (χ1v) is 12.3. The summed E-state index contributed by atoms with van der Waals surface area (Å²) in [7, 11) is -2.21. The van der Waals surface area contributed by atoms with Crippen LogP contribution in [-0.2, 0) is 10.0 Å². The van der Waals surface area contributed by atoms with E-state index in [1.54, 1.807) is 69.6 Å². The van der Waals surface area contributed by atoms with E-state index in [1.807, 2.05) is 25.1 Å². The molecule has 2 heterocycles. The van der Waals surface area contributed by atoms with Crippen LogP contribution in [0, 0.1) is 20.8 Å². The number of ether oxygens (including phenoxy) is 1. The van der Waals surface area contributed by atoms with E-state index in [9.17, 15) is 8.42 Å². The molecule has 0 aliphatic rings. The molecule has 0 radical (unpaired) electrons. The van der Waals surface area contributed by atoms with E-state index in [0.717, 1.165) is 11.3 Å². The van der Waals surface area contributed by atoms with Crippen molar-refractivity contribution in [3.8, 4) is 5.75 Å². The number of pyridine rings is 1. The summed E-state index contributed by atoms with van der Waals surface area (Å²) >= 11 is 0. The molecule has 0 amide bonds. The van der Waals surface area contributed by atoms with Crippen molar-refractivity contribution in [2.75, 3.05) is 22.5 Å².